The molecule has 1 atom stereocenters. The molecule has 0 fully saturated rings. The number of aryl methyl sites for hydroxylation is 1. The number of hydrogen-bond acceptors (Lipinski definition) is 2. The average molecular weight is 177 g/mol. The lowest BCUT2D eigenvalue weighted by atomic mass is 9.93. The van der Waals surface area contributed by atoms with Crippen LogP contribution in [0.25, 0.3) is 0 Å². The minimum absolute atomic E-state index is 0.594. The molecule has 1 aromatic rings. The minimum Gasteiger partial charge on any atom is -0.399 e. The van der Waals surface area contributed by atoms with E-state index < -0.39 is 5.60 Å². The van der Waals surface area contributed by atoms with Gasteiger partial charge in [0.15, 0.2) is 0 Å². The molecule has 0 aromatic heterocycles. The number of rotatable bonds is 1. The molecule has 70 valence electrons. The van der Waals surface area contributed by atoms with Crippen LogP contribution in [0.2, 0.25) is 0 Å². The van der Waals surface area contributed by atoms with E-state index in [9.17, 15) is 5.11 Å². The van der Waals surface area contributed by atoms with Crippen LogP contribution >= 0.6 is 0 Å². The molecule has 1 aliphatic carbocycles. The second-order valence-corrected chi connectivity index (χ2v) is 3.80. The molecule has 0 aliphatic heterocycles. The lowest BCUT2D eigenvalue weighted by Crippen LogP contribution is -2.20. The van der Waals surface area contributed by atoms with Crippen molar-refractivity contribution in [3.63, 3.8) is 0 Å². The van der Waals surface area contributed by atoms with Crippen molar-refractivity contribution in [3.05, 3.63) is 29.3 Å². The van der Waals surface area contributed by atoms with Gasteiger partial charge < -0.3 is 10.8 Å². The summed E-state index contributed by atoms with van der Waals surface area (Å²) in [6, 6.07) is 5.80. The number of aliphatic hydroxyl groups is 1. The Bertz CT molecular complexity index is 335. The predicted octanol–water partition coefficient (Wildman–Crippen LogP) is 1.81. The molecule has 1 unspecified atom stereocenters. The summed E-state index contributed by atoms with van der Waals surface area (Å²) in [5.74, 6) is 0. The van der Waals surface area contributed by atoms with Crippen molar-refractivity contribution < 1.29 is 5.11 Å². The van der Waals surface area contributed by atoms with Gasteiger partial charge in [0.25, 0.3) is 0 Å². The first-order valence-electron chi connectivity index (χ1n) is 4.77. The molecule has 2 rings (SSSR count). The molecule has 13 heavy (non-hydrogen) atoms. The maximum atomic E-state index is 10.2. The zero-order valence-electron chi connectivity index (χ0n) is 7.88. The smallest absolute Gasteiger partial charge is 0.0899 e. The van der Waals surface area contributed by atoms with Crippen LogP contribution in [0, 0.1) is 0 Å². The third-order valence-electron chi connectivity index (χ3n) is 3.02. The molecule has 0 amide bonds. The van der Waals surface area contributed by atoms with Crippen molar-refractivity contribution in [2.24, 2.45) is 0 Å². The highest BCUT2D eigenvalue weighted by Crippen LogP contribution is 2.39. The zero-order chi connectivity index (χ0) is 9.47. The molecule has 2 heteroatoms. The fraction of sp³-hybridized carbons (Fsp3) is 0.455. The van der Waals surface area contributed by atoms with E-state index in [-0.39, 0.29) is 0 Å². The number of nitrogens with two attached hydrogens (primary N) is 1. The molecule has 0 saturated heterocycles. The Morgan fingerprint density at radius 2 is 2.31 bits per heavy atom. The number of nitrogen functional groups attached to an aromatic ring is 1. The van der Waals surface area contributed by atoms with Gasteiger partial charge in [-0.2, -0.15) is 0 Å². The van der Waals surface area contributed by atoms with Crippen LogP contribution in [0.4, 0.5) is 5.69 Å². The van der Waals surface area contributed by atoms with Gasteiger partial charge in [0.2, 0.25) is 0 Å². The molecular formula is C11H15NO. The predicted molar refractivity (Wildman–Crippen MR) is 53.4 cm³/mol. The standard InChI is InChI=1S/C11H15NO/c1-2-11(13)6-5-8-7-9(12)3-4-10(8)11/h3-4,7,13H,2,5-6,12H2,1H3. The second kappa shape index (κ2) is 2.74. The third kappa shape index (κ3) is 1.22. The maximum Gasteiger partial charge on any atom is 0.0899 e. The van der Waals surface area contributed by atoms with Crippen LogP contribution < -0.4 is 5.73 Å². The van der Waals surface area contributed by atoms with Gasteiger partial charge in [-0.3, -0.25) is 0 Å². The molecule has 1 aromatic carbocycles. The van der Waals surface area contributed by atoms with E-state index in [1.807, 2.05) is 25.1 Å². The molecule has 0 bridgehead atoms. The van der Waals surface area contributed by atoms with Crippen LogP contribution in [0.1, 0.15) is 30.9 Å². The van der Waals surface area contributed by atoms with Crippen molar-refractivity contribution in [1.29, 1.82) is 0 Å². The first-order chi connectivity index (χ1) is 6.15. The van der Waals surface area contributed by atoms with Gasteiger partial charge in [-0.05, 0) is 42.5 Å². The highest BCUT2D eigenvalue weighted by atomic mass is 16.3. The molecular weight excluding hydrogens is 162 g/mol. The number of anilines is 1. The fourth-order valence-corrected chi connectivity index (χ4v) is 2.12. The van der Waals surface area contributed by atoms with Gasteiger partial charge >= 0.3 is 0 Å². The molecule has 0 heterocycles. The van der Waals surface area contributed by atoms with E-state index in [1.54, 1.807) is 0 Å². The van der Waals surface area contributed by atoms with E-state index >= 15 is 0 Å². The van der Waals surface area contributed by atoms with Gasteiger partial charge in [-0.25, -0.2) is 0 Å². The van der Waals surface area contributed by atoms with Gasteiger partial charge in [0, 0.05) is 5.69 Å². The fourth-order valence-electron chi connectivity index (χ4n) is 2.12. The van der Waals surface area contributed by atoms with Crippen LogP contribution in [-0.2, 0) is 12.0 Å². The molecule has 0 radical (unpaired) electrons. The Morgan fingerprint density at radius 3 is 3.00 bits per heavy atom. The highest BCUT2D eigenvalue weighted by Gasteiger charge is 2.34. The van der Waals surface area contributed by atoms with Gasteiger partial charge in [0.05, 0.1) is 5.60 Å². The first kappa shape index (κ1) is 8.57. The Morgan fingerprint density at radius 1 is 1.54 bits per heavy atom. The van der Waals surface area contributed by atoms with E-state index in [4.69, 9.17) is 5.73 Å². The normalized spacial score (nSPS) is 26.0. The Kier molecular flexibility index (Phi) is 1.81. The van der Waals surface area contributed by atoms with Crippen LogP contribution in [0.5, 0.6) is 0 Å². The van der Waals surface area contributed by atoms with E-state index in [1.165, 1.54) is 5.56 Å². The highest BCUT2D eigenvalue weighted by molar-refractivity contribution is 5.48. The summed E-state index contributed by atoms with van der Waals surface area (Å²) >= 11 is 0. The lowest BCUT2D eigenvalue weighted by molar-refractivity contribution is 0.0346. The Labute approximate surface area is 78.4 Å². The summed E-state index contributed by atoms with van der Waals surface area (Å²) in [5, 5.41) is 10.2. The van der Waals surface area contributed by atoms with Gasteiger partial charge in [-0.1, -0.05) is 13.0 Å². The third-order valence-corrected chi connectivity index (χ3v) is 3.02. The van der Waals surface area contributed by atoms with Crippen LogP contribution in [-0.4, -0.2) is 5.11 Å². The number of hydrogen-bond donors (Lipinski definition) is 2. The average Bonchev–Trinajstić information content (AvgIpc) is 2.45. The SMILES string of the molecule is CCC1(O)CCc2cc(N)ccc21. The van der Waals surface area contributed by atoms with E-state index in [0.717, 1.165) is 30.5 Å². The second-order valence-electron chi connectivity index (χ2n) is 3.80. The van der Waals surface area contributed by atoms with Gasteiger partial charge in [-0.15, -0.1) is 0 Å². The summed E-state index contributed by atoms with van der Waals surface area (Å²) in [6.07, 6.45) is 2.57. The Balaban J connectivity index is 2.49. The quantitative estimate of drug-likeness (QED) is 0.643. The maximum absolute atomic E-state index is 10.2. The van der Waals surface area contributed by atoms with Crippen molar-refractivity contribution in [2.75, 3.05) is 5.73 Å². The lowest BCUT2D eigenvalue weighted by Gasteiger charge is -2.21. The topological polar surface area (TPSA) is 46.2 Å². The summed E-state index contributed by atoms with van der Waals surface area (Å²) in [7, 11) is 0. The van der Waals surface area contributed by atoms with Gasteiger partial charge in [0.1, 0.15) is 0 Å². The molecule has 2 nitrogen and oxygen atoms in total. The van der Waals surface area contributed by atoms with Crippen molar-refractivity contribution >= 4 is 5.69 Å². The van der Waals surface area contributed by atoms with Crippen molar-refractivity contribution in [2.45, 2.75) is 31.8 Å². The van der Waals surface area contributed by atoms with Crippen LogP contribution in [0.3, 0.4) is 0 Å². The first-order valence-corrected chi connectivity index (χ1v) is 4.77. The number of benzene rings is 1. The summed E-state index contributed by atoms with van der Waals surface area (Å²) < 4.78 is 0. The Hall–Kier alpha value is -1.02. The monoisotopic (exact) mass is 177 g/mol. The molecule has 3 N–H and O–H groups in total. The zero-order valence-corrected chi connectivity index (χ0v) is 7.88. The van der Waals surface area contributed by atoms with Crippen LogP contribution in [0.15, 0.2) is 18.2 Å². The van der Waals surface area contributed by atoms with E-state index in [0.29, 0.717) is 0 Å². The van der Waals surface area contributed by atoms with E-state index in [2.05, 4.69) is 0 Å². The minimum atomic E-state index is -0.594. The summed E-state index contributed by atoms with van der Waals surface area (Å²) in [5.41, 5.74) is 8.16. The largest absolute Gasteiger partial charge is 0.399 e. The van der Waals surface area contributed by atoms with Crippen molar-refractivity contribution in [3.8, 4) is 0 Å². The van der Waals surface area contributed by atoms with Crippen molar-refractivity contribution in [1.82, 2.24) is 0 Å². The molecule has 1 aliphatic rings. The summed E-state index contributed by atoms with van der Waals surface area (Å²) in [6.45, 7) is 2.02. The number of fused-ring (bicyclic) bond motifs is 1. The molecule has 0 spiro atoms. The molecule has 0 saturated carbocycles. The summed E-state index contributed by atoms with van der Waals surface area (Å²) in [4.78, 5) is 0.